The Morgan fingerprint density at radius 2 is 1.87 bits per heavy atom. The molecule has 23 heavy (non-hydrogen) atoms. The van der Waals surface area contributed by atoms with Crippen LogP contribution >= 0.6 is 12.2 Å². The van der Waals surface area contributed by atoms with Crippen LogP contribution in [-0.4, -0.2) is 17.7 Å². The summed E-state index contributed by atoms with van der Waals surface area (Å²) in [5, 5.41) is 6.28. The molecular weight excluding hydrogens is 315 g/mol. The number of esters is 1. The van der Waals surface area contributed by atoms with Crippen LogP contribution in [0.5, 0.6) is 0 Å². The van der Waals surface area contributed by atoms with E-state index < -0.39 is 0 Å². The Kier molecular flexibility index (Phi) is 6.05. The Hall–Kier alpha value is -2.47. The van der Waals surface area contributed by atoms with E-state index in [2.05, 4.69) is 10.6 Å². The van der Waals surface area contributed by atoms with Crippen LogP contribution in [0.2, 0.25) is 0 Å². The zero-order chi connectivity index (χ0) is 16.7. The fourth-order valence-electron chi connectivity index (χ4n) is 1.90. The number of halogens is 1. The van der Waals surface area contributed by atoms with E-state index in [1.165, 1.54) is 6.07 Å². The Morgan fingerprint density at radius 3 is 2.52 bits per heavy atom. The summed E-state index contributed by atoms with van der Waals surface area (Å²) < 4.78 is 18.4. The lowest BCUT2D eigenvalue weighted by Crippen LogP contribution is -2.28. The van der Waals surface area contributed by atoms with Crippen molar-refractivity contribution in [2.45, 2.75) is 13.5 Å². The number of carbonyl (C=O) groups excluding carboxylic acids is 1. The Labute approximate surface area is 139 Å². The fourth-order valence-corrected chi connectivity index (χ4v) is 2.09. The number of benzene rings is 2. The highest BCUT2D eigenvalue weighted by molar-refractivity contribution is 7.80. The summed E-state index contributed by atoms with van der Waals surface area (Å²) in [4.78, 5) is 11.6. The van der Waals surface area contributed by atoms with Gasteiger partial charge in [0, 0.05) is 17.8 Å². The first kappa shape index (κ1) is 16.9. The van der Waals surface area contributed by atoms with Gasteiger partial charge in [-0.3, -0.25) is 0 Å². The Bertz CT molecular complexity index is 689. The molecule has 0 bridgehead atoms. The second-order valence-electron chi connectivity index (χ2n) is 4.70. The second-order valence-corrected chi connectivity index (χ2v) is 5.11. The lowest BCUT2D eigenvalue weighted by Gasteiger charge is -2.11. The third-order valence-electron chi connectivity index (χ3n) is 3.05. The fraction of sp³-hybridized carbons (Fsp3) is 0.176. The smallest absolute Gasteiger partial charge is 0.338 e. The molecule has 0 heterocycles. The van der Waals surface area contributed by atoms with Crippen molar-refractivity contribution >= 4 is 29.0 Å². The van der Waals surface area contributed by atoms with Gasteiger partial charge in [-0.1, -0.05) is 18.2 Å². The van der Waals surface area contributed by atoms with Crippen molar-refractivity contribution in [2.75, 3.05) is 11.9 Å². The standard InChI is InChI=1S/C17H17FN2O2S/c1-2-22-16(21)12-7-9-14(10-8-12)20-17(23)19-11-13-5-3-4-6-15(13)18/h3-10H,2,11H2,1H3,(H2,19,20,23). The first-order chi connectivity index (χ1) is 11.1. The summed E-state index contributed by atoms with van der Waals surface area (Å²) in [6, 6.07) is 13.3. The third kappa shape index (κ3) is 5.03. The first-order valence-corrected chi connectivity index (χ1v) is 7.56. The molecule has 4 nitrogen and oxygen atoms in total. The van der Waals surface area contributed by atoms with Gasteiger partial charge in [0.1, 0.15) is 5.82 Å². The number of hydrogen-bond acceptors (Lipinski definition) is 3. The van der Waals surface area contributed by atoms with Gasteiger partial charge in [-0.2, -0.15) is 0 Å². The lowest BCUT2D eigenvalue weighted by atomic mass is 10.2. The van der Waals surface area contributed by atoms with Crippen LogP contribution < -0.4 is 10.6 Å². The van der Waals surface area contributed by atoms with Crippen molar-refractivity contribution in [1.82, 2.24) is 5.32 Å². The van der Waals surface area contributed by atoms with Crippen molar-refractivity contribution in [3.05, 3.63) is 65.5 Å². The molecule has 0 amide bonds. The maximum absolute atomic E-state index is 13.5. The molecule has 0 atom stereocenters. The third-order valence-corrected chi connectivity index (χ3v) is 3.30. The predicted molar refractivity (Wildman–Crippen MR) is 91.9 cm³/mol. The van der Waals surface area contributed by atoms with E-state index in [0.29, 0.717) is 29.4 Å². The van der Waals surface area contributed by atoms with E-state index in [9.17, 15) is 9.18 Å². The summed E-state index contributed by atoms with van der Waals surface area (Å²) in [6.07, 6.45) is 0. The van der Waals surface area contributed by atoms with Gasteiger partial charge in [0.15, 0.2) is 5.11 Å². The van der Waals surface area contributed by atoms with E-state index in [-0.39, 0.29) is 11.8 Å². The van der Waals surface area contributed by atoms with Crippen LogP contribution in [0.25, 0.3) is 0 Å². The van der Waals surface area contributed by atoms with Crippen LogP contribution in [0.15, 0.2) is 48.5 Å². The number of carbonyl (C=O) groups is 1. The van der Waals surface area contributed by atoms with Crippen molar-refractivity contribution in [2.24, 2.45) is 0 Å². The molecule has 0 aromatic heterocycles. The SMILES string of the molecule is CCOC(=O)c1ccc(NC(=S)NCc2ccccc2F)cc1. The van der Waals surface area contributed by atoms with Gasteiger partial charge in [-0.25, -0.2) is 9.18 Å². The number of rotatable bonds is 5. The van der Waals surface area contributed by atoms with Gasteiger partial charge in [0.2, 0.25) is 0 Å². The summed E-state index contributed by atoms with van der Waals surface area (Å²) in [5.41, 5.74) is 1.74. The second kappa shape index (κ2) is 8.24. The molecule has 2 N–H and O–H groups in total. The highest BCUT2D eigenvalue weighted by Crippen LogP contribution is 2.11. The number of ether oxygens (including phenoxy) is 1. The normalized spacial score (nSPS) is 10.0. The van der Waals surface area contributed by atoms with Crippen LogP contribution in [0, 0.1) is 5.82 Å². The number of nitrogens with one attached hydrogen (secondary N) is 2. The summed E-state index contributed by atoms with van der Waals surface area (Å²) in [5.74, 6) is -0.638. The molecule has 2 rings (SSSR count). The molecule has 0 unspecified atom stereocenters. The topological polar surface area (TPSA) is 50.4 Å². The summed E-state index contributed by atoms with van der Waals surface area (Å²) in [7, 11) is 0. The highest BCUT2D eigenvalue weighted by atomic mass is 32.1. The van der Waals surface area contributed by atoms with Crippen LogP contribution in [0.3, 0.4) is 0 Å². The van der Waals surface area contributed by atoms with Crippen molar-refractivity contribution in [3.8, 4) is 0 Å². The summed E-state index contributed by atoms with van der Waals surface area (Å²) >= 11 is 5.17. The molecular formula is C17H17FN2O2S. The van der Waals surface area contributed by atoms with Gasteiger partial charge >= 0.3 is 5.97 Å². The Morgan fingerprint density at radius 1 is 1.17 bits per heavy atom. The van der Waals surface area contributed by atoms with E-state index >= 15 is 0 Å². The zero-order valence-electron chi connectivity index (χ0n) is 12.6. The van der Waals surface area contributed by atoms with Gasteiger partial charge in [0.25, 0.3) is 0 Å². The zero-order valence-corrected chi connectivity index (χ0v) is 13.5. The molecule has 2 aromatic rings. The highest BCUT2D eigenvalue weighted by Gasteiger charge is 2.06. The minimum absolute atomic E-state index is 0.276. The minimum atomic E-state index is -0.362. The average molecular weight is 332 g/mol. The quantitative estimate of drug-likeness (QED) is 0.648. The lowest BCUT2D eigenvalue weighted by molar-refractivity contribution is 0.0526. The summed E-state index contributed by atoms with van der Waals surface area (Å²) in [6.45, 7) is 2.38. The van der Waals surface area contributed by atoms with E-state index in [0.717, 1.165) is 5.69 Å². The molecule has 0 spiro atoms. The predicted octanol–water partition coefficient (Wildman–Crippen LogP) is 3.49. The molecule has 6 heteroatoms. The average Bonchev–Trinajstić information content (AvgIpc) is 2.55. The van der Waals surface area contributed by atoms with E-state index in [4.69, 9.17) is 17.0 Å². The maximum Gasteiger partial charge on any atom is 0.338 e. The van der Waals surface area contributed by atoms with Crippen LogP contribution in [0.1, 0.15) is 22.8 Å². The molecule has 0 aliphatic rings. The van der Waals surface area contributed by atoms with Gasteiger partial charge < -0.3 is 15.4 Å². The van der Waals surface area contributed by atoms with Crippen LogP contribution in [-0.2, 0) is 11.3 Å². The van der Waals surface area contributed by atoms with Gasteiger partial charge in [0.05, 0.1) is 12.2 Å². The molecule has 0 saturated carbocycles. The van der Waals surface area contributed by atoms with Gasteiger partial charge in [-0.15, -0.1) is 0 Å². The molecule has 0 aliphatic heterocycles. The molecule has 2 aromatic carbocycles. The van der Waals surface area contributed by atoms with Crippen molar-refractivity contribution < 1.29 is 13.9 Å². The van der Waals surface area contributed by atoms with Crippen molar-refractivity contribution in [1.29, 1.82) is 0 Å². The number of thiocarbonyl (C=S) groups is 1. The maximum atomic E-state index is 13.5. The first-order valence-electron chi connectivity index (χ1n) is 7.15. The molecule has 0 radical (unpaired) electrons. The molecule has 0 fully saturated rings. The Balaban J connectivity index is 1.88. The molecule has 120 valence electrons. The largest absolute Gasteiger partial charge is 0.462 e. The number of hydrogen-bond donors (Lipinski definition) is 2. The molecule has 0 aliphatic carbocycles. The molecule has 0 saturated heterocycles. The number of anilines is 1. The van der Waals surface area contributed by atoms with Crippen LogP contribution in [0.4, 0.5) is 10.1 Å². The van der Waals surface area contributed by atoms with Crippen molar-refractivity contribution in [3.63, 3.8) is 0 Å². The van der Waals surface area contributed by atoms with Gasteiger partial charge in [-0.05, 0) is 49.5 Å². The minimum Gasteiger partial charge on any atom is -0.462 e. The van der Waals surface area contributed by atoms with E-state index in [1.54, 1.807) is 49.4 Å². The van der Waals surface area contributed by atoms with E-state index in [1.807, 2.05) is 0 Å². The monoisotopic (exact) mass is 332 g/mol.